The molecule has 1 aromatic heterocycles. The summed E-state index contributed by atoms with van der Waals surface area (Å²) in [4.78, 5) is 17.8. The van der Waals surface area contributed by atoms with E-state index < -0.39 is 5.60 Å². The largest absolute Gasteiger partial charge is 0.390 e. The Kier molecular flexibility index (Phi) is 8.12. The SMILES string of the molecule is O=C(c1ccc(Cl)cc1)N1CC(CN2CCC(O)(CCCc3ccccc3)CC2)C(c2ccsc2)C1. The Morgan fingerprint density at radius 2 is 1.78 bits per heavy atom. The van der Waals surface area contributed by atoms with E-state index in [1.807, 2.05) is 23.1 Å². The molecule has 0 bridgehead atoms. The molecule has 2 atom stereocenters. The Morgan fingerprint density at radius 3 is 2.47 bits per heavy atom. The van der Waals surface area contributed by atoms with Gasteiger partial charge in [-0.15, -0.1) is 0 Å². The van der Waals surface area contributed by atoms with Gasteiger partial charge in [0.15, 0.2) is 0 Å². The number of aryl methyl sites for hydroxylation is 1. The van der Waals surface area contributed by atoms with Gasteiger partial charge in [-0.3, -0.25) is 4.79 Å². The summed E-state index contributed by atoms with van der Waals surface area (Å²) in [7, 11) is 0. The lowest BCUT2D eigenvalue weighted by Crippen LogP contribution is -2.46. The van der Waals surface area contributed by atoms with Gasteiger partial charge in [0.2, 0.25) is 0 Å². The zero-order chi connectivity index (χ0) is 25.0. The molecule has 0 spiro atoms. The summed E-state index contributed by atoms with van der Waals surface area (Å²) in [6, 6.07) is 20.0. The maximum atomic E-state index is 13.2. The summed E-state index contributed by atoms with van der Waals surface area (Å²) in [6.07, 6.45) is 4.55. The summed E-state index contributed by atoms with van der Waals surface area (Å²) in [5.74, 6) is 0.820. The highest BCUT2D eigenvalue weighted by molar-refractivity contribution is 7.08. The zero-order valence-corrected chi connectivity index (χ0v) is 22.3. The van der Waals surface area contributed by atoms with Gasteiger partial charge in [0.05, 0.1) is 5.60 Å². The van der Waals surface area contributed by atoms with Crippen LogP contribution in [0.3, 0.4) is 0 Å². The van der Waals surface area contributed by atoms with E-state index in [0.29, 0.717) is 22.4 Å². The zero-order valence-electron chi connectivity index (χ0n) is 20.7. The second-order valence-corrected chi connectivity index (χ2v) is 11.7. The van der Waals surface area contributed by atoms with Crippen molar-refractivity contribution < 1.29 is 9.90 Å². The minimum absolute atomic E-state index is 0.0841. The average molecular weight is 523 g/mol. The van der Waals surface area contributed by atoms with Gasteiger partial charge in [-0.2, -0.15) is 11.3 Å². The number of halogens is 1. The first-order chi connectivity index (χ1) is 17.5. The van der Waals surface area contributed by atoms with Gasteiger partial charge in [0.1, 0.15) is 0 Å². The average Bonchev–Trinajstić information content (AvgIpc) is 3.57. The van der Waals surface area contributed by atoms with Crippen LogP contribution in [0.4, 0.5) is 0 Å². The third-order valence-electron chi connectivity index (χ3n) is 8.02. The van der Waals surface area contributed by atoms with Crippen LogP contribution in [-0.2, 0) is 6.42 Å². The number of piperidine rings is 1. The lowest BCUT2D eigenvalue weighted by atomic mass is 9.84. The van der Waals surface area contributed by atoms with E-state index >= 15 is 0 Å². The fourth-order valence-electron chi connectivity index (χ4n) is 5.86. The number of amides is 1. The van der Waals surface area contributed by atoms with E-state index in [4.69, 9.17) is 11.6 Å². The third-order valence-corrected chi connectivity index (χ3v) is 8.97. The van der Waals surface area contributed by atoms with Crippen molar-refractivity contribution in [3.05, 3.63) is 93.1 Å². The van der Waals surface area contributed by atoms with Crippen LogP contribution in [0.2, 0.25) is 5.02 Å². The highest BCUT2D eigenvalue weighted by Crippen LogP contribution is 2.36. The maximum absolute atomic E-state index is 13.2. The van der Waals surface area contributed by atoms with Crippen molar-refractivity contribution in [3.63, 3.8) is 0 Å². The van der Waals surface area contributed by atoms with Gasteiger partial charge in [0, 0.05) is 49.2 Å². The van der Waals surface area contributed by atoms with Crippen molar-refractivity contribution in [1.82, 2.24) is 9.80 Å². The Bertz CT molecular complexity index is 1110. The smallest absolute Gasteiger partial charge is 0.253 e. The van der Waals surface area contributed by atoms with Crippen molar-refractivity contribution in [2.45, 2.75) is 43.6 Å². The van der Waals surface area contributed by atoms with Crippen LogP contribution < -0.4 is 0 Å². The van der Waals surface area contributed by atoms with Crippen LogP contribution in [0.1, 0.15) is 53.1 Å². The predicted molar refractivity (Wildman–Crippen MR) is 148 cm³/mol. The molecular weight excluding hydrogens is 488 g/mol. The number of carbonyl (C=O) groups excluding carboxylic acids is 1. The molecule has 0 saturated carbocycles. The summed E-state index contributed by atoms with van der Waals surface area (Å²) in [5, 5.41) is 16.2. The van der Waals surface area contributed by atoms with Crippen LogP contribution >= 0.6 is 22.9 Å². The van der Waals surface area contributed by atoms with Gasteiger partial charge in [0.25, 0.3) is 5.91 Å². The second-order valence-electron chi connectivity index (χ2n) is 10.5. The molecule has 2 saturated heterocycles. The molecule has 1 N–H and O–H groups in total. The normalized spacial score (nSPS) is 22.1. The van der Waals surface area contributed by atoms with Gasteiger partial charge in [-0.1, -0.05) is 41.9 Å². The van der Waals surface area contributed by atoms with Crippen LogP contribution in [-0.4, -0.2) is 59.1 Å². The summed E-state index contributed by atoms with van der Waals surface area (Å²) >= 11 is 7.75. The van der Waals surface area contributed by atoms with E-state index in [-0.39, 0.29) is 5.91 Å². The molecule has 0 radical (unpaired) electrons. The first kappa shape index (κ1) is 25.5. The maximum Gasteiger partial charge on any atom is 0.253 e. The molecule has 36 heavy (non-hydrogen) atoms. The predicted octanol–water partition coefficient (Wildman–Crippen LogP) is 6.11. The molecule has 2 aliphatic rings. The first-order valence-corrected chi connectivity index (χ1v) is 14.4. The fourth-order valence-corrected chi connectivity index (χ4v) is 6.71. The highest BCUT2D eigenvalue weighted by Gasteiger charge is 2.39. The molecule has 2 unspecified atom stereocenters. The Morgan fingerprint density at radius 1 is 1.03 bits per heavy atom. The molecule has 190 valence electrons. The van der Waals surface area contributed by atoms with E-state index in [2.05, 4.69) is 46.0 Å². The molecule has 2 fully saturated rings. The van der Waals surface area contributed by atoms with Crippen LogP contribution in [0, 0.1) is 5.92 Å². The van der Waals surface area contributed by atoms with Gasteiger partial charge < -0.3 is 14.9 Å². The Balaban J connectivity index is 1.17. The van der Waals surface area contributed by atoms with E-state index in [0.717, 1.165) is 64.8 Å². The first-order valence-electron chi connectivity index (χ1n) is 13.0. The Hall–Kier alpha value is -2.18. The topological polar surface area (TPSA) is 43.8 Å². The quantitative estimate of drug-likeness (QED) is 0.388. The van der Waals surface area contributed by atoms with Crippen molar-refractivity contribution in [2.24, 2.45) is 5.92 Å². The fraction of sp³-hybridized carbons (Fsp3) is 0.433. The summed E-state index contributed by atoms with van der Waals surface area (Å²) in [5.41, 5.74) is 2.83. The van der Waals surface area contributed by atoms with Crippen molar-refractivity contribution in [3.8, 4) is 0 Å². The standard InChI is InChI=1S/C30H35ClN2O2S/c31-27-10-8-24(9-11-27)29(34)33-20-26(28(21-33)25-12-18-36-22-25)19-32-16-14-30(35,15-17-32)13-4-7-23-5-2-1-3-6-23/h1-3,5-6,8-12,18,22,26,28,35H,4,7,13-17,19-21H2. The van der Waals surface area contributed by atoms with Crippen LogP contribution in [0.25, 0.3) is 0 Å². The van der Waals surface area contributed by atoms with Crippen molar-refractivity contribution >= 4 is 28.8 Å². The van der Waals surface area contributed by atoms with Gasteiger partial charge in [-0.25, -0.2) is 0 Å². The van der Waals surface area contributed by atoms with Crippen LogP contribution in [0.15, 0.2) is 71.4 Å². The molecule has 5 rings (SSSR count). The number of thiophene rings is 1. The molecular formula is C30H35ClN2O2S. The molecule has 3 heterocycles. The van der Waals surface area contributed by atoms with Gasteiger partial charge in [-0.05, 0) is 90.2 Å². The third kappa shape index (κ3) is 6.20. The van der Waals surface area contributed by atoms with E-state index in [1.165, 1.54) is 11.1 Å². The van der Waals surface area contributed by atoms with Crippen molar-refractivity contribution in [1.29, 1.82) is 0 Å². The molecule has 4 nitrogen and oxygen atoms in total. The summed E-state index contributed by atoms with van der Waals surface area (Å²) in [6.45, 7) is 4.31. The number of rotatable bonds is 8. The number of hydrogen-bond donors (Lipinski definition) is 1. The molecule has 1 amide bonds. The number of aliphatic hydroxyl groups is 1. The number of carbonyl (C=O) groups is 1. The van der Waals surface area contributed by atoms with Gasteiger partial charge >= 0.3 is 0 Å². The lowest BCUT2D eigenvalue weighted by Gasteiger charge is -2.39. The van der Waals surface area contributed by atoms with E-state index in [9.17, 15) is 9.90 Å². The highest BCUT2D eigenvalue weighted by atomic mass is 35.5. The number of likely N-dealkylation sites (tertiary alicyclic amines) is 2. The number of benzene rings is 2. The second kappa shape index (κ2) is 11.5. The van der Waals surface area contributed by atoms with E-state index in [1.54, 1.807) is 23.5 Å². The molecule has 6 heteroatoms. The van der Waals surface area contributed by atoms with Crippen LogP contribution in [0.5, 0.6) is 0 Å². The molecule has 3 aromatic rings. The summed E-state index contributed by atoms with van der Waals surface area (Å²) < 4.78 is 0. The molecule has 2 aromatic carbocycles. The molecule has 0 aliphatic carbocycles. The van der Waals surface area contributed by atoms with Crippen molar-refractivity contribution in [2.75, 3.05) is 32.7 Å². The number of hydrogen-bond acceptors (Lipinski definition) is 4. The lowest BCUT2D eigenvalue weighted by molar-refractivity contribution is -0.0315. The molecule has 2 aliphatic heterocycles. The Labute approximate surface area is 223 Å². The monoisotopic (exact) mass is 522 g/mol. The minimum atomic E-state index is -0.551. The number of nitrogens with zero attached hydrogens (tertiary/aromatic N) is 2. The minimum Gasteiger partial charge on any atom is -0.390 e.